The van der Waals surface area contributed by atoms with E-state index in [4.69, 9.17) is 0 Å². The zero-order chi connectivity index (χ0) is 50.5. The molecule has 358 valence electrons. The normalized spacial score (nSPS) is 11.0. The Balaban J connectivity index is 0.844. The predicted octanol–water partition coefficient (Wildman–Crippen LogP) is 20.9. The van der Waals surface area contributed by atoms with Gasteiger partial charge in [-0.3, -0.25) is 0 Å². The van der Waals surface area contributed by atoms with Crippen LogP contribution in [-0.4, -0.2) is 0 Å². The van der Waals surface area contributed by atoms with E-state index in [2.05, 4.69) is 348 Å². The fourth-order valence-electron chi connectivity index (χ4n) is 9.53. The van der Waals surface area contributed by atoms with Crippen LogP contribution in [0.25, 0.3) is 44.5 Å². The van der Waals surface area contributed by atoms with Crippen LogP contribution in [0.15, 0.2) is 267 Å². The quantitative estimate of drug-likeness (QED) is 0.107. The largest absolute Gasteiger partial charge is 0.311 e. The molecular weight excluding hydrogens is 1120 g/mol. The number of nitrogens with zero attached hydrogens (tertiary/aromatic N) is 3. The van der Waals surface area contributed by atoms with Gasteiger partial charge in [0.05, 0.1) is 0 Å². The van der Waals surface area contributed by atoms with Crippen LogP contribution in [0.3, 0.4) is 0 Å². The third-order valence-electron chi connectivity index (χ3n) is 13.7. The van der Waals surface area contributed by atoms with Gasteiger partial charge in [-0.25, -0.2) is 0 Å². The fourth-order valence-corrected chi connectivity index (χ4v) is 10.2. The molecule has 0 spiro atoms. The average molecular weight is 1180 g/mol. The van der Waals surface area contributed by atoms with E-state index in [1.165, 1.54) is 46.1 Å². The summed E-state index contributed by atoms with van der Waals surface area (Å²) in [6, 6.07) is 97.2. The van der Waals surface area contributed by atoms with Gasteiger partial charge in [0.1, 0.15) is 0 Å². The summed E-state index contributed by atoms with van der Waals surface area (Å²) >= 11 is 4.72. The van der Waals surface area contributed by atoms with Gasteiger partial charge in [0.15, 0.2) is 0 Å². The SMILES string of the molecule is Cc1ccc(N(c2ccc(-c3ccc(I)cc3)cc2)c2ccc(-c3ccc(N(c4ccc(C)cc4)c4ccc(-c5ccc(N(c6ccc(C)cc6)c6ccc(-c7ccc(I)cc7)cc6)cc5)cc4)cc3)cc2)cc1. The predicted molar refractivity (Wildman–Crippen MR) is 332 cm³/mol. The molecule has 3 nitrogen and oxygen atoms in total. The van der Waals surface area contributed by atoms with Gasteiger partial charge in [-0.15, -0.1) is 0 Å². The summed E-state index contributed by atoms with van der Waals surface area (Å²) in [5.74, 6) is 0. The molecule has 0 unspecified atom stereocenters. The summed E-state index contributed by atoms with van der Waals surface area (Å²) in [7, 11) is 0. The molecule has 0 fully saturated rings. The minimum atomic E-state index is 1.09. The monoisotopic (exact) mass is 1180 g/mol. The maximum absolute atomic E-state index is 2.36. The van der Waals surface area contributed by atoms with Crippen molar-refractivity contribution < 1.29 is 0 Å². The molecule has 0 N–H and O–H groups in total. The van der Waals surface area contributed by atoms with Crippen molar-refractivity contribution >= 4 is 96.4 Å². The Hall–Kier alpha value is -7.72. The van der Waals surface area contributed by atoms with Crippen LogP contribution in [0.2, 0.25) is 0 Å². The molecule has 0 aromatic heterocycles. The van der Waals surface area contributed by atoms with Crippen molar-refractivity contribution in [3.63, 3.8) is 0 Å². The van der Waals surface area contributed by atoms with Gasteiger partial charge in [-0.1, -0.05) is 150 Å². The van der Waals surface area contributed by atoms with Crippen molar-refractivity contribution in [2.45, 2.75) is 20.8 Å². The molecule has 0 aliphatic carbocycles. The molecule has 11 aromatic rings. The first-order valence-corrected chi connectivity index (χ1v) is 27.1. The topological polar surface area (TPSA) is 9.72 Å². The maximum atomic E-state index is 2.36. The molecule has 0 atom stereocenters. The van der Waals surface area contributed by atoms with E-state index in [0.717, 1.165) is 73.4 Å². The lowest BCUT2D eigenvalue weighted by molar-refractivity contribution is 1.27. The van der Waals surface area contributed by atoms with Crippen LogP contribution < -0.4 is 14.7 Å². The van der Waals surface area contributed by atoms with Crippen molar-refractivity contribution in [2.75, 3.05) is 14.7 Å². The first-order valence-electron chi connectivity index (χ1n) is 24.9. The molecule has 0 radical (unpaired) electrons. The molecule has 74 heavy (non-hydrogen) atoms. The first kappa shape index (κ1) is 48.5. The average Bonchev–Trinajstić information content (AvgIpc) is 3.44. The second kappa shape index (κ2) is 21.8. The van der Waals surface area contributed by atoms with Gasteiger partial charge in [-0.2, -0.15) is 0 Å². The van der Waals surface area contributed by atoms with Crippen molar-refractivity contribution in [2.24, 2.45) is 0 Å². The van der Waals surface area contributed by atoms with Crippen LogP contribution >= 0.6 is 45.2 Å². The van der Waals surface area contributed by atoms with Gasteiger partial charge in [-0.05, 0) is 244 Å². The summed E-state index contributed by atoms with van der Waals surface area (Å²) < 4.78 is 2.47. The van der Waals surface area contributed by atoms with E-state index in [9.17, 15) is 0 Å². The van der Waals surface area contributed by atoms with Crippen LogP contribution in [0, 0.1) is 27.9 Å². The van der Waals surface area contributed by atoms with Crippen molar-refractivity contribution in [1.82, 2.24) is 0 Å². The Bertz CT molecular complexity index is 3390. The lowest BCUT2D eigenvalue weighted by atomic mass is 10.0. The van der Waals surface area contributed by atoms with E-state index in [1.54, 1.807) is 0 Å². The molecule has 0 aliphatic rings. The Morgan fingerprint density at radius 2 is 0.297 bits per heavy atom. The molecule has 0 aliphatic heterocycles. The van der Waals surface area contributed by atoms with Gasteiger partial charge in [0, 0.05) is 58.3 Å². The van der Waals surface area contributed by atoms with Crippen LogP contribution in [0.1, 0.15) is 16.7 Å². The molecule has 0 saturated carbocycles. The lowest BCUT2D eigenvalue weighted by Gasteiger charge is -2.27. The molecule has 0 amide bonds. The standard InChI is InChI=1S/C69H53I2N3/c1-48-4-30-61(31-5-48)72(64-36-14-53(15-37-64)51-10-26-59(70)27-11-51)66-40-18-55(19-41-66)57-22-44-68(45-23-57)74(63-34-8-50(3)9-35-63)69-46-24-58(25-47-69)56-20-42-67(43-21-56)73(62-32-6-49(2)7-33-62)65-38-16-54(17-39-65)52-12-28-60(71)29-13-52/h4-47H,1-3H3. The lowest BCUT2D eigenvalue weighted by Crippen LogP contribution is -2.10. The van der Waals surface area contributed by atoms with Gasteiger partial charge >= 0.3 is 0 Å². The number of benzene rings is 11. The van der Waals surface area contributed by atoms with E-state index < -0.39 is 0 Å². The second-order valence-corrected chi connectivity index (χ2v) is 21.3. The zero-order valence-corrected chi connectivity index (χ0v) is 45.8. The summed E-state index contributed by atoms with van der Waals surface area (Å²) in [4.78, 5) is 7.00. The van der Waals surface area contributed by atoms with Crippen LogP contribution in [0.4, 0.5) is 51.2 Å². The Kier molecular flexibility index (Phi) is 14.3. The Morgan fingerprint density at radius 3 is 0.446 bits per heavy atom. The number of anilines is 9. The van der Waals surface area contributed by atoms with E-state index in [1.807, 2.05) is 0 Å². The molecule has 5 heteroatoms. The Morgan fingerprint density at radius 1 is 0.176 bits per heavy atom. The van der Waals surface area contributed by atoms with Crippen molar-refractivity contribution in [1.29, 1.82) is 0 Å². The summed E-state index contributed by atoms with van der Waals surface area (Å²) in [5.41, 5.74) is 23.1. The van der Waals surface area contributed by atoms with Crippen LogP contribution in [-0.2, 0) is 0 Å². The number of aryl methyl sites for hydroxylation is 3. The highest BCUT2D eigenvalue weighted by Gasteiger charge is 2.17. The number of halogens is 2. The van der Waals surface area contributed by atoms with Gasteiger partial charge in [0.25, 0.3) is 0 Å². The second-order valence-electron chi connectivity index (χ2n) is 18.8. The fraction of sp³-hybridized carbons (Fsp3) is 0.0435. The van der Waals surface area contributed by atoms with Gasteiger partial charge < -0.3 is 14.7 Å². The maximum Gasteiger partial charge on any atom is 0.0462 e. The molecule has 0 saturated heterocycles. The highest BCUT2D eigenvalue weighted by molar-refractivity contribution is 14.1. The molecule has 0 heterocycles. The molecule has 11 aromatic carbocycles. The summed E-state index contributed by atoms with van der Waals surface area (Å²) in [5, 5.41) is 0. The molecule has 0 bridgehead atoms. The van der Waals surface area contributed by atoms with Crippen molar-refractivity contribution in [3.8, 4) is 44.5 Å². The third kappa shape index (κ3) is 10.8. The first-order chi connectivity index (χ1) is 36.2. The zero-order valence-electron chi connectivity index (χ0n) is 41.5. The number of hydrogen-bond acceptors (Lipinski definition) is 3. The number of hydrogen-bond donors (Lipinski definition) is 0. The highest BCUT2D eigenvalue weighted by Crippen LogP contribution is 2.41. The summed E-state index contributed by atoms with van der Waals surface area (Å²) in [6.07, 6.45) is 0. The minimum absolute atomic E-state index is 1.09. The smallest absolute Gasteiger partial charge is 0.0462 e. The third-order valence-corrected chi connectivity index (χ3v) is 15.1. The van der Waals surface area contributed by atoms with Crippen LogP contribution in [0.5, 0.6) is 0 Å². The summed E-state index contributed by atoms with van der Waals surface area (Å²) in [6.45, 7) is 6.40. The van der Waals surface area contributed by atoms with E-state index in [0.29, 0.717) is 0 Å². The minimum Gasteiger partial charge on any atom is -0.311 e. The number of rotatable bonds is 13. The van der Waals surface area contributed by atoms with Crippen molar-refractivity contribution in [3.05, 3.63) is 291 Å². The molecular formula is C69H53I2N3. The highest BCUT2D eigenvalue weighted by atomic mass is 127. The van der Waals surface area contributed by atoms with E-state index in [-0.39, 0.29) is 0 Å². The van der Waals surface area contributed by atoms with E-state index >= 15 is 0 Å². The Labute approximate surface area is 463 Å². The molecule has 11 rings (SSSR count). The van der Waals surface area contributed by atoms with Gasteiger partial charge in [0.2, 0.25) is 0 Å².